The number of nitrogens with one attached hydrogen (secondary N) is 1. The van der Waals surface area contributed by atoms with E-state index in [1.165, 1.54) is 17.7 Å². The molecule has 0 aliphatic carbocycles. The third-order valence-electron chi connectivity index (χ3n) is 3.80. The molecule has 0 saturated heterocycles. The van der Waals surface area contributed by atoms with E-state index in [0.717, 1.165) is 16.1 Å². The van der Waals surface area contributed by atoms with Crippen LogP contribution in [0.3, 0.4) is 0 Å². The molecular weight excluding hydrogens is 384 g/mol. The Balaban J connectivity index is 1.58. The van der Waals surface area contributed by atoms with Crippen molar-refractivity contribution in [3.8, 4) is 22.0 Å². The fraction of sp³-hybridized carbons (Fsp3) is 0.0526. The first kappa shape index (κ1) is 17.4. The molecule has 0 radical (unpaired) electrons. The SMILES string of the molecule is Cc1nc(-c2cccc(Cl)c2)sc1C(=O)Nc1cccc(-c2nnco2)c1. The number of nitrogens with zero attached hydrogens (tertiary/aromatic N) is 3. The normalized spacial score (nSPS) is 10.7. The van der Waals surface area contributed by atoms with Crippen LogP contribution in [0.4, 0.5) is 5.69 Å². The number of aryl methyl sites for hydroxylation is 1. The zero-order valence-corrected chi connectivity index (χ0v) is 15.7. The van der Waals surface area contributed by atoms with E-state index in [0.29, 0.717) is 27.2 Å². The fourth-order valence-electron chi connectivity index (χ4n) is 2.57. The summed E-state index contributed by atoms with van der Waals surface area (Å²) in [7, 11) is 0. The summed E-state index contributed by atoms with van der Waals surface area (Å²) in [5.74, 6) is 0.171. The largest absolute Gasteiger partial charge is 0.423 e. The van der Waals surface area contributed by atoms with Gasteiger partial charge in [0.05, 0.1) is 5.69 Å². The van der Waals surface area contributed by atoms with Crippen LogP contribution in [-0.2, 0) is 0 Å². The molecule has 134 valence electrons. The number of benzene rings is 2. The van der Waals surface area contributed by atoms with E-state index < -0.39 is 0 Å². The van der Waals surface area contributed by atoms with Crippen molar-refractivity contribution in [2.24, 2.45) is 0 Å². The van der Waals surface area contributed by atoms with Gasteiger partial charge in [-0.25, -0.2) is 4.98 Å². The van der Waals surface area contributed by atoms with Crippen molar-refractivity contribution in [3.63, 3.8) is 0 Å². The molecule has 0 aliphatic rings. The molecule has 2 heterocycles. The molecule has 4 rings (SSSR count). The van der Waals surface area contributed by atoms with Crippen molar-refractivity contribution in [1.82, 2.24) is 15.2 Å². The van der Waals surface area contributed by atoms with E-state index in [-0.39, 0.29) is 5.91 Å². The van der Waals surface area contributed by atoms with Crippen LogP contribution in [0.1, 0.15) is 15.4 Å². The number of thiazole rings is 1. The van der Waals surface area contributed by atoms with Crippen LogP contribution in [-0.4, -0.2) is 21.1 Å². The van der Waals surface area contributed by atoms with Gasteiger partial charge in [0.1, 0.15) is 9.88 Å². The first-order chi connectivity index (χ1) is 13.1. The first-order valence-electron chi connectivity index (χ1n) is 8.01. The second kappa shape index (κ2) is 7.30. The van der Waals surface area contributed by atoms with Gasteiger partial charge in [-0.1, -0.05) is 29.8 Å². The molecule has 0 saturated carbocycles. The van der Waals surface area contributed by atoms with Crippen molar-refractivity contribution < 1.29 is 9.21 Å². The topological polar surface area (TPSA) is 80.9 Å². The average molecular weight is 397 g/mol. The van der Waals surface area contributed by atoms with Gasteiger partial charge in [-0.3, -0.25) is 4.79 Å². The number of halogens is 1. The lowest BCUT2D eigenvalue weighted by Gasteiger charge is -2.05. The molecule has 0 bridgehead atoms. The van der Waals surface area contributed by atoms with Crippen LogP contribution in [0.15, 0.2) is 59.3 Å². The van der Waals surface area contributed by atoms with E-state index in [9.17, 15) is 4.79 Å². The highest BCUT2D eigenvalue weighted by molar-refractivity contribution is 7.17. The lowest BCUT2D eigenvalue weighted by molar-refractivity contribution is 0.103. The third kappa shape index (κ3) is 3.74. The highest BCUT2D eigenvalue weighted by Crippen LogP contribution is 2.30. The molecule has 27 heavy (non-hydrogen) atoms. The smallest absolute Gasteiger partial charge is 0.267 e. The van der Waals surface area contributed by atoms with Gasteiger partial charge in [-0.15, -0.1) is 21.5 Å². The van der Waals surface area contributed by atoms with Gasteiger partial charge in [0, 0.05) is 21.8 Å². The summed E-state index contributed by atoms with van der Waals surface area (Å²) in [4.78, 5) is 17.8. The minimum atomic E-state index is -0.221. The Labute approximate surface area is 163 Å². The first-order valence-corrected chi connectivity index (χ1v) is 9.21. The Bertz CT molecular complexity index is 1110. The predicted octanol–water partition coefficient (Wildman–Crippen LogP) is 5.07. The Morgan fingerprint density at radius 1 is 1.15 bits per heavy atom. The molecule has 4 aromatic rings. The third-order valence-corrected chi connectivity index (χ3v) is 5.24. The minimum Gasteiger partial charge on any atom is -0.423 e. The zero-order chi connectivity index (χ0) is 18.8. The molecule has 0 atom stereocenters. The Morgan fingerprint density at radius 2 is 1.96 bits per heavy atom. The highest BCUT2D eigenvalue weighted by Gasteiger charge is 2.17. The standard InChI is InChI=1S/C19H13ClN4O2S/c1-11-16(27-19(22-11)13-5-2-6-14(20)8-13)17(25)23-15-7-3-4-12(9-15)18-24-21-10-26-18/h2-10H,1H3,(H,23,25). The number of carbonyl (C=O) groups excluding carboxylic acids is 1. The van der Waals surface area contributed by atoms with Gasteiger partial charge in [0.25, 0.3) is 5.91 Å². The van der Waals surface area contributed by atoms with E-state index >= 15 is 0 Å². The maximum atomic E-state index is 12.7. The van der Waals surface area contributed by atoms with Crippen LogP contribution in [0.25, 0.3) is 22.0 Å². The van der Waals surface area contributed by atoms with Crippen molar-refractivity contribution in [2.45, 2.75) is 6.92 Å². The van der Waals surface area contributed by atoms with Crippen molar-refractivity contribution in [1.29, 1.82) is 0 Å². The summed E-state index contributed by atoms with van der Waals surface area (Å²) in [6, 6.07) is 14.6. The van der Waals surface area contributed by atoms with Gasteiger partial charge < -0.3 is 9.73 Å². The minimum absolute atomic E-state index is 0.221. The summed E-state index contributed by atoms with van der Waals surface area (Å²) in [6.45, 7) is 1.81. The molecule has 8 heteroatoms. The molecule has 6 nitrogen and oxygen atoms in total. The molecular formula is C19H13ClN4O2S. The summed E-state index contributed by atoms with van der Waals surface area (Å²) < 4.78 is 5.19. The van der Waals surface area contributed by atoms with Crippen molar-refractivity contribution >= 4 is 34.5 Å². The fourth-order valence-corrected chi connectivity index (χ4v) is 3.72. The van der Waals surface area contributed by atoms with Crippen LogP contribution in [0, 0.1) is 6.92 Å². The van der Waals surface area contributed by atoms with Crippen molar-refractivity contribution in [2.75, 3.05) is 5.32 Å². The number of aromatic nitrogens is 3. The maximum absolute atomic E-state index is 12.7. The molecule has 2 aromatic carbocycles. The molecule has 1 amide bonds. The van der Waals surface area contributed by atoms with Crippen molar-refractivity contribution in [3.05, 3.63) is 70.5 Å². The number of rotatable bonds is 4. The molecule has 0 unspecified atom stereocenters. The van der Waals surface area contributed by atoms with E-state index in [2.05, 4.69) is 20.5 Å². The van der Waals surface area contributed by atoms with E-state index in [4.69, 9.17) is 16.0 Å². The second-order valence-corrected chi connectivity index (χ2v) is 7.16. The van der Waals surface area contributed by atoms with Crippen LogP contribution in [0.2, 0.25) is 5.02 Å². The lowest BCUT2D eigenvalue weighted by Crippen LogP contribution is -2.11. The maximum Gasteiger partial charge on any atom is 0.267 e. The highest BCUT2D eigenvalue weighted by atomic mass is 35.5. The average Bonchev–Trinajstić information content (AvgIpc) is 3.32. The van der Waals surface area contributed by atoms with Crippen LogP contribution < -0.4 is 5.32 Å². The molecule has 1 N–H and O–H groups in total. The Morgan fingerprint density at radius 3 is 2.74 bits per heavy atom. The lowest BCUT2D eigenvalue weighted by atomic mass is 10.2. The number of anilines is 1. The summed E-state index contributed by atoms with van der Waals surface area (Å²) in [5.41, 5.74) is 2.91. The Kier molecular flexibility index (Phi) is 4.70. The molecule has 2 aromatic heterocycles. The van der Waals surface area contributed by atoms with Crippen LogP contribution >= 0.6 is 22.9 Å². The van der Waals surface area contributed by atoms with Gasteiger partial charge in [-0.2, -0.15) is 0 Å². The van der Waals surface area contributed by atoms with E-state index in [1.807, 2.05) is 37.3 Å². The number of hydrogen-bond acceptors (Lipinski definition) is 6. The predicted molar refractivity (Wildman–Crippen MR) is 105 cm³/mol. The summed E-state index contributed by atoms with van der Waals surface area (Å²) in [6.07, 6.45) is 1.26. The quantitative estimate of drug-likeness (QED) is 0.520. The van der Waals surface area contributed by atoms with Gasteiger partial charge >= 0.3 is 0 Å². The molecule has 0 spiro atoms. The van der Waals surface area contributed by atoms with Crippen LogP contribution in [0.5, 0.6) is 0 Å². The summed E-state index contributed by atoms with van der Waals surface area (Å²) in [5, 5.41) is 11.8. The number of hydrogen-bond donors (Lipinski definition) is 1. The number of carbonyl (C=O) groups is 1. The number of amides is 1. The second-order valence-electron chi connectivity index (χ2n) is 5.72. The monoisotopic (exact) mass is 396 g/mol. The Hall–Kier alpha value is -3.03. The van der Waals surface area contributed by atoms with E-state index in [1.54, 1.807) is 18.2 Å². The zero-order valence-electron chi connectivity index (χ0n) is 14.1. The molecule has 0 aliphatic heterocycles. The molecule has 0 fully saturated rings. The van der Waals surface area contributed by atoms with Gasteiger partial charge in [-0.05, 0) is 37.3 Å². The van der Waals surface area contributed by atoms with Gasteiger partial charge in [0.15, 0.2) is 0 Å². The summed E-state index contributed by atoms with van der Waals surface area (Å²) >= 11 is 7.38. The van der Waals surface area contributed by atoms with Gasteiger partial charge in [0.2, 0.25) is 12.3 Å².